The molecule has 0 aliphatic heterocycles. The number of nitrogens with two attached hydrogens (primary N) is 1. The fraction of sp³-hybridized carbons (Fsp3) is 0.133. The molecular formula is C15H15FN2O3. The Balaban J connectivity index is 2.29. The van der Waals surface area contributed by atoms with Crippen LogP contribution in [0.4, 0.5) is 15.8 Å². The highest BCUT2D eigenvalue weighted by Gasteiger charge is 2.14. The van der Waals surface area contributed by atoms with Gasteiger partial charge in [-0.05, 0) is 30.3 Å². The number of anilines is 2. The highest BCUT2D eigenvalue weighted by Crippen LogP contribution is 2.24. The minimum Gasteiger partial charge on any atom is -0.497 e. The summed E-state index contributed by atoms with van der Waals surface area (Å²) < 4.78 is 23.7. The molecule has 0 atom stereocenters. The van der Waals surface area contributed by atoms with E-state index in [2.05, 4.69) is 5.32 Å². The van der Waals surface area contributed by atoms with Crippen molar-refractivity contribution in [3.63, 3.8) is 0 Å². The Kier molecular flexibility index (Phi) is 4.27. The molecule has 5 nitrogen and oxygen atoms in total. The topological polar surface area (TPSA) is 73.6 Å². The highest BCUT2D eigenvalue weighted by atomic mass is 19.1. The molecule has 0 fully saturated rings. The molecular weight excluding hydrogens is 275 g/mol. The number of ether oxygens (including phenoxy) is 2. The van der Waals surface area contributed by atoms with Crippen molar-refractivity contribution >= 4 is 17.3 Å². The SMILES string of the molecule is COc1ccc(F)c(NC(=O)c2cc(OC)ccc2N)c1. The molecule has 0 bridgehead atoms. The van der Waals surface area contributed by atoms with E-state index in [1.165, 1.54) is 38.5 Å². The van der Waals surface area contributed by atoms with Gasteiger partial charge >= 0.3 is 0 Å². The van der Waals surface area contributed by atoms with Crippen molar-refractivity contribution in [2.45, 2.75) is 0 Å². The van der Waals surface area contributed by atoms with E-state index in [1.54, 1.807) is 12.1 Å². The van der Waals surface area contributed by atoms with Crippen molar-refractivity contribution in [3.05, 3.63) is 47.8 Å². The van der Waals surface area contributed by atoms with Crippen molar-refractivity contribution in [3.8, 4) is 11.5 Å². The lowest BCUT2D eigenvalue weighted by Gasteiger charge is -2.11. The Morgan fingerprint density at radius 1 is 1.10 bits per heavy atom. The highest BCUT2D eigenvalue weighted by molar-refractivity contribution is 6.08. The Bertz CT molecular complexity index is 674. The van der Waals surface area contributed by atoms with Gasteiger partial charge in [0, 0.05) is 11.8 Å². The van der Waals surface area contributed by atoms with Crippen LogP contribution in [0.3, 0.4) is 0 Å². The Morgan fingerprint density at radius 2 is 1.71 bits per heavy atom. The van der Waals surface area contributed by atoms with Crippen LogP contribution >= 0.6 is 0 Å². The van der Waals surface area contributed by atoms with Crippen molar-refractivity contribution in [2.24, 2.45) is 0 Å². The number of nitrogen functional groups attached to an aromatic ring is 1. The maximum Gasteiger partial charge on any atom is 0.257 e. The molecule has 2 rings (SSSR count). The van der Waals surface area contributed by atoms with Gasteiger partial charge in [-0.1, -0.05) is 0 Å². The standard InChI is InChI=1S/C15H15FN2O3/c1-20-9-4-6-13(17)11(7-9)15(19)18-14-8-10(21-2)3-5-12(14)16/h3-8H,17H2,1-2H3,(H,18,19). The Morgan fingerprint density at radius 3 is 2.38 bits per heavy atom. The summed E-state index contributed by atoms with van der Waals surface area (Å²) in [7, 11) is 2.94. The number of halogens is 1. The molecule has 0 aliphatic rings. The first-order chi connectivity index (χ1) is 10.0. The fourth-order valence-corrected chi connectivity index (χ4v) is 1.78. The van der Waals surface area contributed by atoms with E-state index in [0.717, 1.165) is 0 Å². The predicted octanol–water partition coefficient (Wildman–Crippen LogP) is 2.68. The summed E-state index contributed by atoms with van der Waals surface area (Å²) >= 11 is 0. The lowest BCUT2D eigenvalue weighted by atomic mass is 10.1. The summed E-state index contributed by atoms with van der Waals surface area (Å²) in [5, 5.41) is 2.46. The van der Waals surface area contributed by atoms with Gasteiger partial charge in [0.1, 0.15) is 17.3 Å². The molecule has 6 heteroatoms. The second-order valence-corrected chi connectivity index (χ2v) is 4.25. The summed E-state index contributed by atoms with van der Waals surface area (Å²) in [6, 6.07) is 8.74. The van der Waals surface area contributed by atoms with Crippen LogP contribution in [-0.4, -0.2) is 20.1 Å². The van der Waals surface area contributed by atoms with E-state index >= 15 is 0 Å². The number of carbonyl (C=O) groups is 1. The van der Waals surface area contributed by atoms with E-state index in [0.29, 0.717) is 11.5 Å². The van der Waals surface area contributed by atoms with E-state index in [9.17, 15) is 9.18 Å². The number of carbonyl (C=O) groups excluding carboxylic acids is 1. The van der Waals surface area contributed by atoms with Gasteiger partial charge in [0.2, 0.25) is 0 Å². The normalized spacial score (nSPS) is 10.0. The van der Waals surface area contributed by atoms with Crippen LogP contribution in [-0.2, 0) is 0 Å². The minimum atomic E-state index is -0.564. The lowest BCUT2D eigenvalue weighted by molar-refractivity contribution is 0.102. The van der Waals surface area contributed by atoms with Crippen LogP contribution < -0.4 is 20.5 Å². The molecule has 0 unspecified atom stereocenters. The van der Waals surface area contributed by atoms with Gasteiger partial charge in [0.05, 0.1) is 25.5 Å². The summed E-state index contributed by atoms with van der Waals surface area (Å²) in [4.78, 5) is 12.2. The second kappa shape index (κ2) is 6.13. The van der Waals surface area contributed by atoms with E-state index in [4.69, 9.17) is 15.2 Å². The van der Waals surface area contributed by atoms with Crippen LogP contribution in [0.1, 0.15) is 10.4 Å². The number of methoxy groups -OCH3 is 2. The van der Waals surface area contributed by atoms with Crippen LogP contribution in [0, 0.1) is 5.82 Å². The van der Waals surface area contributed by atoms with Gasteiger partial charge in [-0.25, -0.2) is 4.39 Å². The molecule has 2 aromatic carbocycles. The molecule has 2 aromatic rings. The number of nitrogens with one attached hydrogen (secondary N) is 1. The second-order valence-electron chi connectivity index (χ2n) is 4.25. The van der Waals surface area contributed by atoms with Gasteiger partial charge in [-0.2, -0.15) is 0 Å². The van der Waals surface area contributed by atoms with Crippen LogP contribution in [0.15, 0.2) is 36.4 Å². The summed E-state index contributed by atoms with van der Waals surface area (Å²) in [6.07, 6.45) is 0. The van der Waals surface area contributed by atoms with Crippen molar-refractivity contribution in [2.75, 3.05) is 25.3 Å². The molecule has 110 valence electrons. The van der Waals surface area contributed by atoms with Gasteiger partial charge in [-0.15, -0.1) is 0 Å². The molecule has 1 amide bonds. The van der Waals surface area contributed by atoms with Gasteiger partial charge in [0.15, 0.2) is 0 Å². The molecule has 21 heavy (non-hydrogen) atoms. The first kappa shape index (κ1) is 14.6. The third kappa shape index (κ3) is 3.22. The minimum absolute atomic E-state index is 0.0153. The van der Waals surface area contributed by atoms with Gasteiger partial charge in [0.25, 0.3) is 5.91 Å². The molecule has 0 aliphatic carbocycles. The average Bonchev–Trinajstić information content (AvgIpc) is 2.49. The largest absolute Gasteiger partial charge is 0.497 e. The summed E-state index contributed by atoms with van der Waals surface area (Å²) in [5.74, 6) is -0.171. The van der Waals surface area contributed by atoms with Crippen LogP contribution in [0.25, 0.3) is 0 Å². The molecule has 0 heterocycles. The smallest absolute Gasteiger partial charge is 0.257 e. The zero-order valence-corrected chi connectivity index (χ0v) is 11.6. The molecule has 3 N–H and O–H groups in total. The molecule has 0 aromatic heterocycles. The quantitative estimate of drug-likeness (QED) is 0.849. The third-order valence-corrected chi connectivity index (χ3v) is 2.93. The maximum absolute atomic E-state index is 13.7. The third-order valence-electron chi connectivity index (χ3n) is 2.93. The van der Waals surface area contributed by atoms with Crippen LogP contribution in [0.5, 0.6) is 11.5 Å². The van der Waals surface area contributed by atoms with Crippen molar-refractivity contribution in [1.82, 2.24) is 0 Å². The maximum atomic E-state index is 13.7. The molecule has 0 spiro atoms. The Hall–Kier alpha value is -2.76. The van der Waals surface area contributed by atoms with E-state index in [1.807, 2.05) is 0 Å². The van der Waals surface area contributed by atoms with Gasteiger partial charge < -0.3 is 20.5 Å². The number of benzene rings is 2. The molecule has 0 saturated heterocycles. The van der Waals surface area contributed by atoms with Crippen molar-refractivity contribution < 1.29 is 18.7 Å². The first-order valence-electron chi connectivity index (χ1n) is 6.13. The van der Waals surface area contributed by atoms with E-state index < -0.39 is 11.7 Å². The molecule has 0 radical (unpaired) electrons. The number of rotatable bonds is 4. The average molecular weight is 290 g/mol. The number of amides is 1. The lowest BCUT2D eigenvalue weighted by Crippen LogP contribution is -2.15. The van der Waals surface area contributed by atoms with Crippen LogP contribution in [0.2, 0.25) is 0 Å². The summed E-state index contributed by atoms with van der Waals surface area (Å²) in [5.41, 5.74) is 6.25. The molecule has 0 saturated carbocycles. The van der Waals surface area contributed by atoms with E-state index in [-0.39, 0.29) is 16.9 Å². The number of hydrogen-bond acceptors (Lipinski definition) is 4. The number of hydrogen-bond donors (Lipinski definition) is 2. The Labute approximate surface area is 121 Å². The van der Waals surface area contributed by atoms with Gasteiger partial charge in [-0.3, -0.25) is 4.79 Å². The monoisotopic (exact) mass is 290 g/mol. The van der Waals surface area contributed by atoms with Crippen molar-refractivity contribution in [1.29, 1.82) is 0 Å². The fourth-order valence-electron chi connectivity index (χ4n) is 1.78. The predicted molar refractivity (Wildman–Crippen MR) is 78.3 cm³/mol. The zero-order chi connectivity index (χ0) is 15.4. The first-order valence-corrected chi connectivity index (χ1v) is 6.13. The summed E-state index contributed by atoms with van der Waals surface area (Å²) in [6.45, 7) is 0. The zero-order valence-electron chi connectivity index (χ0n) is 11.6.